The average Bonchev–Trinajstić information content (AvgIpc) is 2.37. The Morgan fingerprint density at radius 2 is 1.72 bits per heavy atom. The SMILES string of the molecule is CCCc1ccc(C(=S)CCC(=S)OCC)cc1. The van der Waals surface area contributed by atoms with E-state index >= 15 is 0 Å². The van der Waals surface area contributed by atoms with Crippen LogP contribution in [-0.4, -0.2) is 16.5 Å². The zero-order valence-corrected chi connectivity index (χ0v) is 12.7. The van der Waals surface area contributed by atoms with Gasteiger partial charge in [-0.15, -0.1) is 0 Å². The van der Waals surface area contributed by atoms with E-state index < -0.39 is 0 Å². The van der Waals surface area contributed by atoms with Crippen molar-refractivity contribution in [2.75, 3.05) is 6.61 Å². The van der Waals surface area contributed by atoms with Gasteiger partial charge in [0.25, 0.3) is 0 Å². The molecule has 0 atom stereocenters. The number of rotatable bonds is 7. The van der Waals surface area contributed by atoms with Gasteiger partial charge >= 0.3 is 0 Å². The molecule has 0 unspecified atom stereocenters. The van der Waals surface area contributed by atoms with E-state index in [2.05, 4.69) is 31.2 Å². The molecule has 0 radical (unpaired) electrons. The number of aryl methyl sites for hydroxylation is 1. The number of hydrogen-bond donors (Lipinski definition) is 0. The lowest BCUT2D eigenvalue weighted by Gasteiger charge is -2.07. The molecule has 3 heteroatoms. The average molecular weight is 280 g/mol. The van der Waals surface area contributed by atoms with Crippen molar-refractivity contribution >= 4 is 34.4 Å². The van der Waals surface area contributed by atoms with Gasteiger partial charge in [0.2, 0.25) is 0 Å². The topological polar surface area (TPSA) is 9.23 Å². The van der Waals surface area contributed by atoms with Crippen molar-refractivity contribution in [3.05, 3.63) is 35.4 Å². The number of hydrogen-bond acceptors (Lipinski definition) is 3. The fourth-order valence-corrected chi connectivity index (χ4v) is 2.20. The number of thiocarbonyl (C=S) groups is 2. The Morgan fingerprint density at radius 3 is 2.28 bits per heavy atom. The molecule has 0 aromatic heterocycles. The Hall–Kier alpha value is -0.800. The van der Waals surface area contributed by atoms with Crippen molar-refractivity contribution in [2.24, 2.45) is 0 Å². The van der Waals surface area contributed by atoms with Gasteiger partial charge in [-0.05, 0) is 43.1 Å². The van der Waals surface area contributed by atoms with Crippen LogP contribution in [0.25, 0.3) is 0 Å². The Balaban J connectivity index is 2.48. The molecule has 0 amide bonds. The molecule has 1 aromatic rings. The van der Waals surface area contributed by atoms with E-state index in [0.717, 1.165) is 29.7 Å². The summed E-state index contributed by atoms with van der Waals surface area (Å²) in [6.45, 7) is 4.77. The molecule has 0 aliphatic rings. The standard InChI is InChI=1S/C15H20OS2/c1-3-5-12-6-8-13(9-7-12)14(17)10-11-15(18)16-4-2/h6-9H,3-5,10-11H2,1-2H3. The normalized spacial score (nSPS) is 10.1. The zero-order chi connectivity index (χ0) is 13.4. The summed E-state index contributed by atoms with van der Waals surface area (Å²) >= 11 is 10.5. The van der Waals surface area contributed by atoms with Crippen LogP contribution in [0, 0.1) is 0 Å². The van der Waals surface area contributed by atoms with E-state index in [1.165, 1.54) is 12.0 Å². The van der Waals surface area contributed by atoms with Gasteiger partial charge in [0.15, 0.2) is 5.05 Å². The van der Waals surface area contributed by atoms with Crippen LogP contribution in [-0.2, 0) is 11.2 Å². The minimum atomic E-state index is 0.636. The van der Waals surface area contributed by atoms with E-state index in [9.17, 15) is 0 Å². The van der Waals surface area contributed by atoms with E-state index in [-0.39, 0.29) is 0 Å². The molecule has 98 valence electrons. The van der Waals surface area contributed by atoms with Crippen LogP contribution in [0.1, 0.15) is 44.2 Å². The first-order valence-electron chi connectivity index (χ1n) is 6.45. The molecule has 0 heterocycles. The minimum Gasteiger partial charge on any atom is -0.487 e. The number of benzene rings is 1. The van der Waals surface area contributed by atoms with Crippen LogP contribution in [0.3, 0.4) is 0 Å². The Labute approximate surface area is 121 Å². The third kappa shape index (κ3) is 5.23. The molecule has 0 bridgehead atoms. The highest BCUT2D eigenvalue weighted by atomic mass is 32.1. The fourth-order valence-electron chi connectivity index (χ4n) is 1.74. The lowest BCUT2D eigenvalue weighted by atomic mass is 10.0. The first-order valence-corrected chi connectivity index (χ1v) is 7.26. The van der Waals surface area contributed by atoms with Crippen LogP contribution in [0.15, 0.2) is 24.3 Å². The van der Waals surface area contributed by atoms with E-state index in [1.807, 2.05) is 6.92 Å². The van der Waals surface area contributed by atoms with Crippen molar-refractivity contribution < 1.29 is 4.74 Å². The highest BCUT2D eigenvalue weighted by molar-refractivity contribution is 7.81. The molecule has 0 N–H and O–H groups in total. The second-order valence-electron chi connectivity index (χ2n) is 4.18. The Bertz CT molecular complexity index is 395. The van der Waals surface area contributed by atoms with Crippen LogP contribution < -0.4 is 0 Å². The van der Waals surface area contributed by atoms with Gasteiger partial charge in [-0.1, -0.05) is 49.8 Å². The van der Waals surface area contributed by atoms with Gasteiger partial charge in [-0.2, -0.15) is 0 Å². The van der Waals surface area contributed by atoms with Crippen molar-refractivity contribution in [3.63, 3.8) is 0 Å². The third-order valence-electron chi connectivity index (χ3n) is 2.68. The maximum absolute atomic E-state index is 5.42. The maximum atomic E-state index is 5.42. The van der Waals surface area contributed by atoms with Crippen LogP contribution in [0.5, 0.6) is 0 Å². The largest absolute Gasteiger partial charge is 0.487 e. The summed E-state index contributed by atoms with van der Waals surface area (Å²) in [4.78, 5) is 0.958. The molecule has 1 aromatic carbocycles. The number of ether oxygens (including phenoxy) is 1. The molecule has 0 fully saturated rings. The first kappa shape index (κ1) is 15.3. The zero-order valence-electron chi connectivity index (χ0n) is 11.1. The predicted octanol–water partition coefficient (Wildman–Crippen LogP) is 4.50. The van der Waals surface area contributed by atoms with E-state index in [0.29, 0.717) is 11.7 Å². The molecule has 1 nitrogen and oxygen atoms in total. The molecular weight excluding hydrogens is 260 g/mol. The van der Waals surface area contributed by atoms with Crippen LogP contribution >= 0.6 is 24.4 Å². The van der Waals surface area contributed by atoms with Gasteiger partial charge in [-0.3, -0.25) is 0 Å². The summed E-state index contributed by atoms with van der Waals surface area (Å²) in [6.07, 6.45) is 3.83. The second kappa shape index (κ2) is 8.33. The van der Waals surface area contributed by atoms with Crippen molar-refractivity contribution in [2.45, 2.75) is 39.5 Å². The lowest BCUT2D eigenvalue weighted by molar-refractivity contribution is 0.328. The maximum Gasteiger partial charge on any atom is 0.160 e. The third-order valence-corrected chi connectivity index (χ3v) is 3.44. The van der Waals surface area contributed by atoms with Crippen LogP contribution in [0.2, 0.25) is 0 Å². The van der Waals surface area contributed by atoms with Gasteiger partial charge in [0.1, 0.15) is 0 Å². The van der Waals surface area contributed by atoms with Crippen molar-refractivity contribution in [3.8, 4) is 0 Å². The summed E-state index contributed by atoms with van der Waals surface area (Å²) in [5, 5.41) is 0.655. The fraction of sp³-hybridized carbons (Fsp3) is 0.467. The molecular formula is C15H20OS2. The monoisotopic (exact) mass is 280 g/mol. The molecule has 1 rings (SSSR count). The van der Waals surface area contributed by atoms with Crippen LogP contribution in [0.4, 0.5) is 0 Å². The highest BCUT2D eigenvalue weighted by Gasteiger charge is 2.04. The molecule has 0 saturated heterocycles. The summed E-state index contributed by atoms with van der Waals surface area (Å²) < 4.78 is 5.25. The van der Waals surface area contributed by atoms with E-state index in [4.69, 9.17) is 29.2 Å². The van der Waals surface area contributed by atoms with E-state index in [1.54, 1.807) is 0 Å². The Morgan fingerprint density at radius 1 is 1.06 bits per heavy atom. The predicted molar refractivity (Wildman–Crippen MR) is 85.6 cm³/mol. The molecule has 0 saturated carbocycles. The van der Waals surface area contributed by atoms with Gasteiger partial charge < -0.3 is 4.74 Å². The lowest BCUT2D eigenvalue weighted by Crippen LogP contribution is -2.05. The smallest absolute Gasteiger partial charge is 0.160 e. The van der Waals surface area contributed by atoms with Crippen molar-refractivity contribution in [1.29, 1.82) is 0 Å². The van der Waals surface area contributed by atoms with Gasteiger partial charge in [0.05, 0.1) is 6.61 Å². The summed E-state index contributed by atoms with van der Waals surface area (Å²) in [7, 11) is 0. The second-order valence-corrected chi connectivity index (χ2v) is 5.12. The van der Waals surface area contributed by atoms with Gasteiger partial charge in [-0.25, -0.2) is 0 Å². The Kier molecular flexibility index (Phi) is 7.06. The molecule has 0 aliphatic carbocycles. The molecule has 0 aliphatic heterocycles. The quantitative estimate of drug-likeness (QED) is 0.537. The molecule has 18 heavy (non-hydrogen) atoms. The van der Waals surface area contributed by atoms with Gasteiger partial charge in [0, 0.05) is 11.3 Å². The first-order chi connectivity index (χ1) is 8.67. The summed E-state index contributed by atoms with van der Waals surface area (Å²) in [5.74, 6) is 0. The summed E-state index contributed by atoms with van der Waals surface area (Å²) in [6, 6.07) is 8.53. The summed E-state index contributed by atoms with van der Waals surface area (Å²) in [5.41, 5.74) is 2.50. The highest BCUT2D eigenvalue weighted by Crippen LogP contribution is 2.11. The van der Waals surface area contributed by atoms with Crippen molar-refractivity contribution in [1.82, 2.24) is 0 Å². The molecule has 0 spiro atoms. The minimum absolute atomic E-state index is 0.636.